The van der Waals surface area contributed by atoms with Gasteiger partial charge in [-0.2, -0.15) is 5.26 Å². The van der Waals surface area contributed by atoms with Crippen molar-refractivity contribution in [2.75, 3.05) is 36.4 Å². The molecule has 0 aromatic heterocycles. The van der Waals surface area contributed by atoms with Crippen LogP contribution in [0, 0.1) is 11.3 Å². The number of nitrogens with zero attached hydrogens (tertiary/aromatic N) is 3. The molecule has 1 unspecified atom stereocenters. The number of carbonyl (C=O) groups is 1. The van der Waals surface area contributed by atoms with Crippen LogP contribution in [0.15, 0.2) is 48.5 Å². The van der Waals surface area contributed by atoms with E-state index in [1.807, 2.05) is 43.3 Å². The lowest BCUT2D eigenvalue weighted by Gasteiger charge is -2.27. The quantitative estimate of drug-likeness (QED) is 0.865. The normalized spacial score (nSPS) is 16.1. The van der Waals surface area contributed by atoms with Crippen LogP contribution in [0.1, 0.15) is 31.4 Å². The van der Waals surface area contributed by atoms with E-state index >= 15 is 0 Å². The fraction of sp³-hybridized carbons (Fsp3) is 0.391. The third-order valence-corrected chi connectivity index (χ3v) is 5.45. The summed E-state index contributed by atoms with van der Waals surface area (Å²) in [6.07, 6.45) is 1.95. The number of para-hydroxylation sites is 1. The Hall–Kier alpha value is -2.84. The maximum Gasteiger partial charge on any atom is 0.241 e. The molecule has 1 aliphatic heterocycles. The Bertz CT molecular complexity index is 840. The van der Waals surface area contributed by atoms with Crippen LogP contribution in [0.2, 0.25) is 0 Å². The van der Waals surface area contributed by atoms with Crippen molar-refractivity contribution in [3.63, 3.8) is 0 Å². The maximum absolute atomic E-state index is 12.7. The summed E-state index contributed by atoms with van der Waals surface area (Å²) in [5.41, 5.74) is 3.79. The van der Waals surface area contributed by atoms with Crippen molar-refractivity contribution >= 4 is 17.3 Å². The van der Waals surface area contributed by atoms with E-state index in [0.717, 1.165) is 50.4 Å². The lowest BCUT2D eigenvalue weighted by atomic mass is 10.1. The van der Waals surface area contributed by atoms with E-state index in [0.29, 0.717) is 5.56 Å². The van der Waals surface area contributed by atoms with Crippen molar-refractivity contribution in [2.45, 2.75) is 32.7 Å². The van der Waals surface area contributed by atoms with Crippen LogP contribution < -0.4 is 10.2 Å². The molecule has 3 rings (SSSR count). The second-order valence-corrected chi connectivity index (χ2v) is 7.22. The molecule has 1 atom stereocenters. The lowest BCUT2D eigenvalue weighted by molar-refractivity contribution is -0.120. The van der Waals surface area contributed by atoms with Gasteiger partial charge in [0.25, 0.3) is 0 Å². The molecular formula is C23H28N4O. The van der Waals surface area contributed by atoms with Gasteiger partial charge in [-0.15, -0.1) is 0 Å². The number of carbonyl (C=O) groups excluding carboxylic acids is 1. The van der Waals surface area contributed by atoms with E-state index in [-0.39, 0.29) is 11.9 Å². The third kappa shape index (κ3) is 4.71. The summed E-state index contributed by atoms with van der Waals surface area (Å²) < 4.78 is 0. The van der Waals surface area contributed by atoms with Crippen molar-refractivity contribution in [3.8, 4) is 6.07 Å². The van der Waals surface area contributed by atoms with Gasteiger partial charge >= 0.3 is 0 Å². The lowest BCUT2D eigenvalue weighted by Crippen LogP contribution is -2.44. The SMILES string of the molecule is CCc1ccc(NC(=O)C(C)N2CCCN(c3ccccc3C#N)CC2)cc1. The van der Waals surface area contributed by atoms with E-state index < -0.39 is 0 Å². The van der Waals surface area contributed by atoms with Gasteiger partial charge in [0, 0.05) is 31.9 Å². The molecule has 1 fully saturated rings. The highest BCUT2D eigenvalue weighted by molar-refractivity contribution is 5.94. The maximum atomic E-state index is 12.7. The number of aryl methyl sites for hydroxylation is 1. The van der Waals surface area contributed by atoms with E-state index in [1.54, 1.807) is 0 Å². The first-order valence-corrected chi connectivity index (χ1v) is 10.00. The fourth-order valence-corrected chi connectivity index (χ4v) is 3.65. The van der Waals surface area contributed by atoms with Crippen molar-refractivity contribution in [1.29, 1.82) is 5.26 Å². The number of amides is 1. The number of anilines is 2. The van der Waals surface area contributed by atoms with Crippen LogP contribution in [-0.4, -0.2) is 43.0 Å². The van der Waals surface area contributed by atoms with Gasteiger partial charge in [0.05, 0.1) is 17.3 Å². The summed E-state index contributed by atoms with van der Waals surface area (Å²) in [6.45, 7) is 7.45. The van der Waals surface area contributed by atoms with E-state index in [9.17, 15) is 10.1 Å². The smallest absolute Gasteiger partial charge is 0.241 e. The molecule has 146 valence electrons. The molecule has 28 heavy (non-hydrogen) atoms. The number of rotatable bonds is 5. The van der Waals surface area contributed by atoms with E-state index in [4.69, 9.17) is 0 Å². The standard InChI is InChI=1S/C23H28N4O/c1-3-19-9-11-21(12-10-19)25-23(28)18(2)26-13-6-14-27(16-15-26)22-8-5-4-7-20(22)17-24/h4-5,7-12,18H,3,6,13-16H2,1-2H3,(H,25,28). The Balaban J connectivity index is 1.61. The van der Waals surface area contributed by atoms with Crippen LogP contribution in [0.25, 0.3) is 0 Å². The highest BCUT2D eigenvalue weighted by Crippen LogP contribution is 2.22. The summed E-state index contributed by atoms with van der Waals surface area (Å²) in [7, 11) is 0. The summed E-state index contributed by atoms with van der Waals surface area (Å²) in [5, 5.41) is 12.4. The van der Waals surface area contributed by atoms with Crippen molar-refractivity contribution < 1.29 is 4.79 Å². The molecule has 1 amide bonds. The minimum Gasteiger partial charge on any atom is -0.369 e. The Kier molecular flexibility index (Phi) is 6.67. The molecule has 0 spiro atoms. The Morgan fingerprint density at radius 1 is 1.11 bits per heavy atom. The van der Waals surface area contributed by atoms with Gasteiger partial charge in [0.1, 0.15) is 6.07 Å². The summed E-state index contributed by atoms with van der Waals surface area (Å²) in [5.74, 6) is 0.0233. The minimum absolute atomic E-state index is 0.0233. The van der Waals surface area contributed by atoms with Gasteiger partial charge in [-0.25, -0.2) is 0 Å². The molecule has 0 aliphatic carbocycles. The molecule has 2 aromatic carbocycles. The molecule has 5 nitrogen and oxygen atoms in total. The first-order chi connectivity index (χ1) is 13.6. The topological polar surface area (TPSA) is 59.4 Å². The van der Waals surface area contributed by atoms with Gasteiger partial charge < -0.3 is 10.2 Å². The summed E-state index contributed by atoms with van der Waals surface area (Å²) >= 11 is 0. The van der Waals surface area contributed by atoms with E-state index in [2.05, 4.69) is 40.2 Å². The molecule has 2 aromatic rings. The predicted molar refractivity (Wildman–Crippen MR) is 113 cm³/mol. The monoisotopic (exact) mass is 376 g/mol. The van der Waals surface area contributed by atoms with Crippen LogP contribution in [0.4, 0.5) is 11.4 Å². The van der Waals surface area contributed by atoms with Gasteiger partial charge in [0.15, 0.2) is 0 Å². The zero-order valence-electron chi connectivity index (χ0n) is 16.7. The molecule has 1 saturated heterocycles. The molecule has 1 heterocycles. The van der Waals surface area contributed by atoms with Gasteiger partial charge in [-0.1, -0.05) is 31.2 Å². The van der Waals surface area contributed by atoms with Gasteiger partial charge in [0.2, 0.25) is 5.91 Å². The van der Waals surface area contributed by atoms with Crippen LogP contribution in [0.5, 0.6) is 0 Å². The average molecular weight is 377 g/mol. The summed E-state index contributed by atoms with van der Waals surface area (Å²) in [4.78, 5) is 17.2. The Morgan fingerprint density at radius 3 is 2.57 bits per heavy atom. The molecular weight excluding hydrogens is 348 g/mol. The fourth-order valence-electron chi connectivity index (χ4n) is 3.65. The van der Waals surface area contributed by atoms with Gasteiger partial charge in [-0.3, -0.25) is 9.69 Å². The summed E-state index contributed by atoms with van der Waals surface area (Å²) in [6, 6.07) is 17.8. The van der Waals surface area contributed by atoms with Crippen LogP contribution in [0.3, 0.4) is 0 Å². The second-order valence-electron chi connectivity index (χ2n) is 7.22. The number of benzene rings is 2. The number of hydrogen-bond donors (Lipinski definition) is 1. The molecule has 1 aliphatic rings. The van der Waals surface area contributed by atoms with Crippen molar-refractivity contribution in [1.82, 2.24) is 4.90 Å². The highest BCUT2D eigenvalue weighted by Gasteiger charge is 2.24. The number of nitrogens with one attached hydrogen (secondary N) is 1. The van der Waals surface area contributed by atoms with Crippen LogP contribution in [-0.2, 0) is 11.2 Å². The first-order valence-electron chi connectivity index (χ1n) is 10.00. The zero-order chi connectivity index (χ0) is 19.9. The average Bonchev–Trinajstić information content (AvgIpc) is 2.99. The third-order valence-electron chi connectivity index (χ3n) is 5.45. The predicted octanol–water partition coefficient (Wildman–Crippen LogP) is 3.66. The number of hydrogen-bond acceptors (Lipinski definition) is 4. The zero-order valence-corrected chi connectivity index (χ0v) is 16.7. The van der Waals surface area contributed by atoms with E-state index in [1.165, 1.54) is 5.56 Å². The first kappa shape index (κ1) is 19.9. The highest BCUT2D eigenvalue weighted by atomic mass is 16.2. The second kappa shape index (κ2) is 9.38. The van der Waals surface area contributed by atoms with Crippen molar-refractivity contribution in [2.24, 2.45) is 0 Å². The van der Waals surface area contributed by atoms with Crippen LogP contribution >= 0.6 is 0 Å². The molecule has 0 bridgehead atoms. The van der Waals surface area contributed by atoms with Crippen molar-refractivity contribution in [3.05, 3.63) is 59.7 Å². The minimum atomic E-state index is -0.197. The Labute approximate surface area is 167 Å². The Morgan fingerprint density at radius 2 is 1.86 bits per heavy atom. The molecule has 5 heteroatoms. The van der Waals surface area contributed by atoms with Gasteiger partial charge in [-0.05, 0) is 49.6 Å². The molecule has 0 saturated carbocycles. The molecule has 1 N–H and O–H groups in total. The number of nitriles is 1. The molecule has 0 radical (unpaired) electrons. The largest absolute Gasteiger partial charge is 0.369 e.